The Bertz CT molecular complexity index is 1220. The second-order valence-corrected chi connectivity index (χ2v) is 7.77. The Morgan fingerprint density at radius 1 is 0.733 bits per heavy atom. The molecule has 4 aromatic rings. The number of aryl methyl sites for hydroxylation is 2. The largest absolute Gasteiger partial charge is 0.206 e. The maximum Gasteiger partial charge on any atom is 0.134 e. The molecular formula is C29H25F. The summed E-state index contributed by atoms with van der Waals surface area (Å²) in [6.45, 7) is 4.22. The van der Waals surface area contributed by atoms with Crippen molar-refractivity contribution in [3.8, 4) is 23.0 Å². The van der Waals surface area contributed by atoms with Crippen LogP contribution in [0, 0.1) is 24.6 Å². The Morgan fingerprint density at radius 3 is 2.07 bits per heavy atom. The van der Waals surface area contributed by atoms with Gasteiger partial charge in [0.25, 0.3) is 0 Å². The van der Waals surface area contributed by atoms with Gasteiger partial charge in [0.05, 0.1) is 0 Å². The normalized spacial score (nSPS) is 10.6. The van der Waals surface area contributed by atoms with Crippen LogP contribution < -0.4 is 0 Å². The highest BCUT2D eigenvalue weighted by Crippen LogP contribution is 2.24. The molecule has 4 aromatic carbocycles. The van der Waals surface area contributed by atoms with E-state index in [1.54, 1.807) is 0 Å². The van der Waals surface area contributed by atoms with Crippen molar-refractivity contribution in [1.82, 2.24) is 0 Å². The van der Waals surface area contributed by atoms with Crippen molar-refractivity contribution in [1.29, 1.82) is 0 Å². The van der Waals surface area contributed by atoms with E-state index in [0.29, 0.717) is 5.39 Å². The minimum Gasteiger partial charge on any atom is -0.206 e. The summed E-state index contributed by atoms with van der Waals surface area (Å²) < 4.78 is 14.7. The van der Waals surface area contributed by atoms with Crippen molar-refractivity contribution in [2.45, 2.75) is 33.1 Å². The molecule has 0 aliphatic heterocycles. The lowest BCUT2D eigenvalue weighted by molar-refractivity contribution is 0.614. The van der Waals surface area contributed by atoms with Gasteiger partial charge in [-0.15, -0.1) is 0 Å². The molecule has 0 amide bonds. The van der Waals surface area contributed by atoms with Gasteiger partial charge in [0, 0.05) is 16.5 Å². The average molecular weight is 393 g/mol. The first-order valence-corrected chi connectivity index (χ1v) is 10.5. The van der Waals surface area contributed by atoms with Crippen LogP contribution in [0.5, 0.6) is 0 Å². The highest BCUT2D eigenvalue weighted by Gasteiger charge is 2.07. The summed E-state index contributed by atoms with van der Waals surface area (Å²) >= 11 is 0. The van der Waals surface area contributed by atoms with Gasteiger partial charge in [0.1, 0.15) is 5.82 Å². The van der Waals surface area contributed by atoms with E-state index in [0.717, 1.165) is 41.3 Å². The average Bonchev–Trinajstić information content (AvgIpc) is 2.78. The Labute approximate surface area is 178 Å². The van der Waals surface area contributed by atoms with E-state index in [2.05, 4.69) is 62.1 Å². The molecule has 0 fully saturated rings. The molecule has 0 N–H and O–H groups in total. The molecule has 0 aliphatic rings. The molecule has 0 saturated carbocycles. The van der Waals surface area contributed by atoms with Crippen molar-refractivity contribution < 1.29 is 4.39 Å². The third-order valence-corrected chi connectivity index (χ3v) is 5.45. The number of rotatable bonds is 4. The highest BCUT2D eigenvalue weighted by atomic mass is 19.1. The Balaban J connectivity index is 1.55. The first-order valence-electron chi connectivity index (χ1n) is 10.5. The molecular weight excluding hydrogens is 367 g/mol. The van der Waals surface area contributed by atoms with Crippen LogP contribution in [0.3, 0.4) is 0 Å². The summed E-state index contributed by atoms with van der Waals surface area (Å²) in [6.07, 6.45) is 2.87. The fourth-order valence-corrected chi connectivity index (χ4v) is 3.61. The van der Waals surface area contributed by atoms with E-state index < -0.39 is 0 Å². The predicted molar refractivity (Wildman–Crippen MR) is 125 cm³/mol. The summed E-state index contributed by atoms with van der Waals surface area (Å²) in [6, 6.07) is 26.4. The van der Waals surface area contributed by atoms with Crippen LogP contribution in [0.4, 0.5) is 4.39 Å². The molecule has 4 rings (SSSR count). The molecule has 0 bridgehead atoms. The van der Waals surface area contributed by atoms with Gasteiger partial charge in [-0.05, 0) is 66.1 Å². The molecule has 1 heteroatoms. The van der Waals surface area contributed by atoms with E-state index in [1.807, 2.05) is 42.5 Å². The fraction of sp³-hybridized carbons (Fsp3) is 0.172. The Kier molecular flexibility index (Phi) is 5.96. The van der Waals surface area contributed by atoms with Gasteiger partial charge in [0.2, 0.25) is 0 Å². The fourth-order valence-electron chi connectivity index (χ4n) is 3.61. The molecule has 0 radical (unpaired) electrons. The molecule has 0 nitrogen and oxygen atoms in total. The van der Waals surface area contributed by atoms with Crippen molar-refractivity contribution in [2.75, 3.05) is 0 Å². The zero-order valence-electron chi connectivity index (χ0n) is 17.5. The summed E-state index contributed by atoms with van der Waals surface area (Å²) in [5.74, 6) is 6.35. The van der Waals surface area contributed by atoms with Gasteiger partial charge in [-0.2, -0.15) is 0 Å². The van der Waals surface area contributed by atoms with Crippen LogP contribution in [0.2, 0.25) is 0 Å². The lowest BCUT2D eigenvalue weighted by atomic mass is 10.0. The number of unbranched alkanes of at least 4 members (excludes halogenated alkanes) is 1. The van der Waals surface area contributed by atoms with Gasteiger partial charge in [0.15, 0.2) is 0 Å². The maximum atomic E-state index is 14.7. The molecule has 30 heavy (non-hydrogen) atoms. The second kappa shape index (κ2) is 8.97. The molecule has 148 valence electrons. The van der Waals surface area contributed by atoms with E-state index in [9.17, 15) is 4.39 Å². The van der Waals surface area contributed by atoms with Crippen LogP contribution >= 0.6 is 0 Å². The van der Waals surface area contributed by atoms with E-state index in [4.69, 9.17) is 0 Å². The molecule has 0 spiro atoms. The smallest absolute Gasteiger partial charge is 0.134 e. The molecule has 0 unspecified atom stereocenters. The van der Waals surface area contributed by atoms with E-state index in [1.165, 1.54) is 16.7 Å². The van der Waals surface area contributed by atoms with Crippen molar-refractivity contribution in [3.05, 3.63) is 107 Å². The number of benzene rings is 4. The van der Waals surface area contributed by atoms with Crippen LogP contribution in [-0.2, 0) is 6.42 Å². The number of halogens is 1. The standard InChI is InChI=1S/C29H25F/c1-3-4-5-26-17-18-27-20-23(12-19-28(27)29(26)30)9-8-22-10-15-25(16-11-22)24-13-6-21(2)7-14-24/h6-7,10-20H,3-5H2,1-2H3. The van der Waals surface area contributed by atoms with E-state index in [-0.39, 0.29) is 5.82 Å². The summed E-state index contributed by atoms with van der Waals surface area (Å²) in [7, 11) is 0. The molecule has 0 heterocycles. The minimum absolute atomic E-state index is 0.0906. The quantitative estimate of drug-likeness (QED) is 0.312. The van der Waals surface area contributed by atoms with Gasteiger partial charge in [-0.1, -0.05) is 85.3 Å². The number of hydrogen-bond acceptors (Lipinski definition) is 0. The summed E-state index contributed by atoms with van der Waals surface area (Å²) in [5, 5.41) is 1.57. The maximum absolute atomic E-state index is 14.7. The Morgan fingerprint density at radius 2 is 1.37 bits per heavy atom. The second-order valence-electron chi connectivity index (χ2n) is 7.77. The number of fused-ring (bicyclic) bond motifs is 1. The Hall–Kier alpha value is -3.37. The van der Waals surface area contributed by atoms with Crippen molar-refractivity contribution in [2.24, 2.45) is 0 Å². The lowest BCUT2D eigenvalue weighted by Crippen LogP contribution is -1.92. The van der Waals surface area contributed by atoms with Crippen LogP contribution in [0.25, 0.3) is 21.9 Å². The minimum atomic E-state index is -0.0906. The molecule has 0 aromatic heterocycles. The summed E-state index contributed by atoms with van der Waals surface area (Å²) in [5.41, 5.74) is 6.30. The van der Waals surface area contributed by atoms with Gasteiger partial charge >= 0.3 is 0 Å². The SMILES string of the molecule is CCCCc1ccc2cc(C#Cc3ccc(-c4ccc(C)cc4)cc3)ccc2c1F. The van der Waals surface area contributed by atoms with Crippen molar-refractivity contribution in [3.63, 3.8) is 0 Å². The lowest BCUT2D eigenvalue weighted by Gasteiger charge is -2.06. The molecule has 0 saturated heterocycles. The first kappa shape index (κ1) is 19.9. The first-order chi connectivity index (χ1) is 14.6. The van der Waals surface area contributed by atoms with Crippen molar-refractivity contribution >= 4 is 10.8 Å². The third-order valence-electron chi connectivity index (χ3n) is 5.45. The molecule has 0 aliphatic carbocycles. The van der Waals surface area contributed by atoms with Crippen LogP contribution in [-0.4, -0.2) is 0 Å². The van der Waals surface area contributed by atoms with E-state index >= 15 is 0 Å². The van der Waals surface area contributed by atoms with Gasteiger partial charge < -0.3 is 0 Å². The van der Waals surface area contributed by atoms with Gasteiger partial charge in [-0.3, -0.25) is 0 Å². The monoisotopic (exact) mass is 392 g/mol. The predicted octanol–water partition coefficient (Wildman–Crippen LogP) is 7.70. The van der Waals surface area contributed by atoms with Gasteiger partial charge in [-0.25, -0.2) is 4.39 Å². The summed E-state index contributed by atoms with van der Waals surface area (Å²) in [4.78, 5) is 0. The topological polar surface area (TPSA) is 0 Å². The number of hydrogen-bond donors (Lipinski definition) is 0. The molecule has 0 atom stereocenters. The zero-order valence-corrected chi connectivity index (χ0v) is 17.5. The third kappa shape index (κ3) is 4.44. The highest BCUT2D eigenvalue weighted by molar-refractivity contribution is 5.85. The van der Waals surface area contributed by atoms with Crippen LogP contribution in [0.1, 0.15) is 42.0 Å². The van der Waals surface area contributed by atoms with Crippen LogP contribution in [0.15, 0.2) is 78.9 Å². The zero-order chi connectivity index (χ0) is 20.9.